The van der Waals surface area contributed by atoms with E-state index in [4.69, 9.17) is 9.47 Å². The molecule has 2 atom stereocenters. The van der Waals surface area contributed by atoms with Crippen molar-refractivity contribution in [1.82, 2.24) is 5.32 Å². The Balaban J connectivity index is 1.91. The fourth-order valence-electron chi connectivity index (χ4n) is 3.20. The van der Waals surface area contributed by atoms with Gasteiger partial charge in [0.25, 0.3) is 0 Å². The van der Waals surface area contributed by atoms with Crippen molar-refractivity contribution >= 4 is 0 Å². The molecule has 100 valence electrons. The average molecular weight is 241 g/mol. The Labute approximate surface area is 105 Å². The first-order chi connectivity index (χ1) is 7.73. The number of hydrogen-bond donors (Lipinski definition) is 1. The molecule has 1 N–H and O–H groups in total. The van der Waals surface area contributed by atoms with Crippen LogP contribution >= 0.6 is 0 Å². The Kier molecular flexibility index (Phi) is 3.30. The standard InChI is InChI=1S/C14H27NO2/c1-12(2)9-11(13(3,4)17-12)15-10-14(5)7-6-8-16-14/h11,15H,6-10H2,1-5H3. The van der Waals surface area contributed by atoms with Gasteiger partial charge in [-0.1, -0.05) is 0 Å². The molecule has 3 heteroatoms. The van der Waals surface area contributed by atoms with Gasteiger partial charge in [0.2, 0.25) is 0 Å². The van der Waals surface area contributed by atoms with Crippen LogP contribution < -0.4 is 5.32 Å². The quantitative estimate of drug-likeness (QED) is 0.823. The Morgan fingerprint density at radius 1 is 1.18 bits per heavy atom. The third-order valence-corrected chi connectivity index (χ3v) is 4.10. The summed E-state index contributed by atoms with van der Waals surface area (Å²) in [6.45, 7) is 12.7. The first-order valence-corrected chi connectivity index (χ1v) is 6.80. The average Bonchev–Trinajstić information content (AvgIpc) is 2.65. The second-order valence-electron chi connectivity index (χ2n) is 7.00. The minimum atomic E-state index is -0.0849. The van der Waals surface area contributed by atoms with Crippen LogP contribution in [0, 0.1) is 0 Å². The van der Waals surface area contributed by atoms with Gasteiger partial charge in [-0.3, -0.25) is 0 Å². The number of rotatable bonds is 3. The highest BCUT2D eigenvalue weighted by Crippen LogP contribution is 2.37. The van der Waals surface area contributed by atoms with E-state index in [0.717, 1.165) is 26.0 Å². The summed E-state index contributed by atoms with van der Waals surface area (Å²) in [5.41, 5.74) is -0.0696. The van der Waals surface area contributed by atoms with Gasteiger partial charge in [-0.15, -0.1) is 0 Å². The van der Waals surface area contributed by atoms with Gasteiger partial charge in [0.1, 0.15) is 0 Å². The molecule has 2 fully saturated rings. The van der Waals surface area contributed by atoms with Crippen LogP contribution in [-0.2, 0) is 9.47 Å². The van der Waals surface area contributed by atoms with E-state index in [1.165, 1.54) is 6.42 Å². The maximum Gasteiger partial charge on any atom is 0.0787 e. The predicted octanol–water partition coefficient (Wildman–Crippen LogP) is 2.49. The molecule has 2 aliphatic heterocycles. The molecule has 2 saturated heterocycles. The van der Waals surface area contributed by atoms with Crippen molar-refractivity contribution in [2.45, 2.75) is 76.7 Å². The van der Waals surface area contributed by atoms with E-state index < -0.39 is 0 Å². The first kappa shape index (κ1) is 13.3. The highest BCUT2D eigenvalue weighted by atomic mass is 16.5. The van der Waals surface area contributed by atoms with Crippen molar-refractivity contribution in [3.63, 3.8) is 0 Å². The molecule has 0 amide bonds. The van der Waals surface area contributed by atoms with Crippen LogP contribution in [0.3, 0.4) is 0 Å². The summed E-state index contributed by atoms with van der Waals surface area (Å²) in [6, 6.07) is 0.415. The van der Waals surface area contributed by atoms with E-state index in [2.05, 4.69) is 39.9 Å². The van der Waals surface area contributed by atoms with E-state index >= 15 is 0 Å². The van der Waals surface area contributed by atoms with Crippen LogP contribution in [0.2, 0.25) is 0 Å². The summed E-state index contributed by atoms with van der Waals surface area (Å²) in [5, 5.41) is 3.66. The zero-order valence-corrected chi connectivity index (χ0v) is 11.9. The first-order valence-electron chi connectivity index (χ1n) is 6.80. The third kappa shape index (κ3) is 3.01. The summed E-state index contributed by atoms with van der Waals surface area (Å²) in [6.07, 6.45) is 3.42. The topological polar surface area (TPSA) is 30.5 Å². The molecule has 0 saturated carbocycles. The summed E-state index contributed by atoms with van der Waals surface area (Å²) in [5.74, 6) is 0. The molecular formula is C14H27NO2. The molecule has 0 aromatic carbocycles. The lowest BCUT2D eigenvalue weighted by atomic mass is 9.93. The van der Waals surface area contributed by atoms with Crippen molar-refractivity contribution in [3.8, 4) is 0 Å². The van der Waals surface area contributed by atoms with Crippen LogP contribution in [0.1, 0.15) is 53.9 Å². The largest absolute Gasteiger partial charge is 0.374 e. The van der Waals surface area contributed by atoms with Crippen molar-refractivity contribution in [2.75, 3.05) is 13.2 Å². The molecule has 0 bridgehead atoms. The zero-order chi connectivity index (χ0) is 12.7. The number of nitrogens with one attached hydrogen (secondary N) is 1. The molecule has 0 radical (unpaired) electrons. The normalized spacial score (nSPS) is 39.7. The van der Waals surface area contributed by atoms with Crippen molar-refractivity contribution in [1.29, 1.82) is 0 Å². The lowest BCUT2D eigenvalue weighted by Gasteiger charge is -2.31. The van der Waals surface area contributed by atoms with Crippen molar-refractivity contribution in [2.24, 2.45) is 0 Å². The van der Waals surface area contributed by atoms with E-state index in [9.17, 15) is 0 Å². The molecule has 2 rings (SSSR count). The lowest BCUT2D eigenvalue weighted by molar-refractivity contribution is -0.0713. The van der Waals surface area contributed by atoms with E-state index in [-0.39, 0.29) is 16.8 Å². The lowest BCUT2D eigenvalue weighted by Crippen LogP contribution is -2.49. The third-order valence-electron chi connectivity index (χ3n) is 4.10. The van der Waals surface area contributed by atoms with E-state index in [1.807, 2.05) is 0 Å². The summed E-state index contributed by atoms with van der Waals surface area (Å²) in [4.78, 5) is 0. The van der Waals surface area contributed by atoms with Crippen LogP contribution in [0.5, 0.6) is 0 Å². The second kappa shape index (κ2) is 4.22. The Morgan fingerprint density at radius 3 is 2.35 bits per heavy atom. The molecule has 2 unspecified atom stereocenters. The fraction of sp³-hybridized carbons (Fsp3) is 1.00. The summed E-state index contributed by atoms with van der Waals surface area (Å²) in [7, 11) is 0. The minimum absolute atomic E-state index is 0.0153. The van der Waals surface area contributed by atoms with Gasteiger partial charge in [-0.05, 0) is 53.9 Å². The highest BCUT2D eigenvalue weighted by Gasteiger charge is 2.46. The van der Waals surface area contributed by atoms with Gasteiger partial charge in [-0.2, -0.15) is 0 Å². The summed E-state index contributed by atoms with van der Waals surface area (Å²) >= 11 is 0. The molecule has 3 nitrogen and oxygen atoms in total. The van der Waals surface area contributed by atoms with Gasteiger partial charge in [0.05, 0.1) is 16.8 Å². The predicted molar refractivity (Wildman–Crippen MR) is 69.2 cm³/mol. The molecule has 0 aromatic rings. The molecule has 0 aromatic heterocycles. The van der Waals surface area contributed by atoms with Gasteiger partial charge < -0.3 is 14.8 Å². The van der Waals surface area contributed by atoms with Crippen molar-refractivity contribution < 1.29 is 9.47 Å². The molecule has 0 aliphatic carbocycles. The fourth-order valence-corrected chi connectivity index (χ4v) is 3.20. The van der Waals surface area contributed by atoms with Gasteiger partial charge >= 0.3 is 0 Å². The monoisotopic (exact) mass is 241 g/mol. The molecule has 2 heterocycles. The second-order valence-corrected chi connectivity index (χ2v) is 7.00. The Hall–Kier alpha value is -0.120. The van der Waals surface area contributed by atoms with E-state index in [0.29, 0.717) is 6.04 Å². The molecular weight excluding hydrogens is 214 g/mol. The maximum absolute atomic E-state index is 6.09. The highest BCUT2D eigenvalue weighted by molar-refractivity contribution is 5.00. The van der Waals surface area contributed by atoms with Crippen LogP contribution in [-0.4, -0.2) is 36.0 Å². The Bertz CT molecular complexity index is 280. The van der Waals surface area contributed by atoms with Crippen LogP contribution in [0.15, 0.2) is 0 Å². The van der Waals surface area contributed by atoms with Crippen molar-refractivity contribution in [3.05, 3.63) is 0 Å². The molecule has 17 heavy (non-hydrogen) atoms. The van der Waals surface area contributed by atoms with Gasteiger partial charge in [0.15, 0.2) is 0 Å². The summed E-state index contributed by atoms with van der Waals surface area (Å²) < 4.78 is 11.9. The van der Waals surface area contributed by atoms with Crippen LogP contribution in [0.25, 0.3) is 0 Å². The minimum Gasteiger partial charge on any atom is -0.374 e. The Morgan fingerprint density at radius 2 is 1.88 bits per heavy atom. The molecule has 2 aliphatic rings. The maximum atomic E-state index is 6.09. The number of hydrogen-bond acceptors (Lipinski definition) is 3. The SMILES string of the molecule is CC1(C)CC(NCC2(C)CCCO2)C(C)(C)O1. The van der Waals surface area contributed by atoms with Gasteiger partial charge in [0, 0.05) is 19.2 Å². The van der Waals surface area contributed by atoms with Crippen LogP contribution in [0.4, 0.5) is 0 Å². The number of ether oxygens (including phenoxy) is 2. The van der Waals surface area contributed by atoms with Gasteiger partial charge in [-0.25, -0.2) is 0 Å². The molecule has 0 spiro atoms. The smallest absolute Gasteiger partial charge is 0.0787 e. The van der Waals surface area contributed by atoms with E-state index in [1.54, 1.807) is 0 Å². The zero-order valence-electron chi connectivity index (χ0n) is 11.9.